The van der Waals surface area contributed by atoms with Gasteiger partial charge in [0.2, 0.25) is 5.91 Å². The first-order valence-corrected chi connectivity index (χ1v) is 11.1. The van der Waals surface area contributed by atoms with E-state index >= 15 is 0 Å². The van der Waals surface area contributed by atoms with Crippen LogP contribution in [0.15, 0.2) is 71.2 Å². The van der Waals surface area contributed by atoms with Crippen molar-refractivity contribution in [2.24, 2.45) is 5.73 Å². The third kappa shape index (κ3) is 2.81. The average molecular weight is 427 g/mol. The lowest BCUT2D eigenvalue weighted by molar-refractivity contribution is -0.118. The molecular formula is C26H26N4O2. The Balaban J connectivity index is 1.56. The van der Waals surface area contributed by atoms with E-state index in [0.29, 0.717) is 24.5 Å². The van der Waals surface area contributed by atoms with Crippen molar-refractivity contribution in [1.29, 1.82) is 5.26 Å². The standard InChI is InChI=1S/C26H26N4O2/c1-17-8-2-7-13-23(17)32-15-14-30-22-12-6-4-10-19(22)26(20(16-27)24(30)28)18-9-3-5-11-21(18)29-25(26)31/h2-3,5,7-9,11,13H,4,6,10,12,14-15,28H2,1H3,(H,29,31)/t26-/m1/s1. The molecule has 6 nitrogen and oxygen atoms in total. The van der Waals surface area contributed by atoms with E-state index < -0.39 is 5.41 Å². The van der Waals surface area contributed by atoms with E-state index in [4.69, 9.17) is 10.5 Å². The molecular weight excluding hydrogens is 400 g/mol. The molecule has 162 valence electrons. The molecule has 3 aliphatic rings. The molecule has 2 aliphatic heterocycles. The molecule has 1 atom stereocenters. The second-order valence-electron chi connectivity index (χ2n) is 8.52. The van der Waals surface area contributed by atoms with Gasteiger partial charge in [-0.25, -0.2) is 0 Å². The van der Waals surface area contributed by atoms with Crippen LogP contribution in [0.1, 0.15) is 36.8 Å². The summed E-state index contributed by atoms with van der Waals surface area (Å²) in [6, 6.07) is 17.8. The molecule has 2 heterocycles. The first-order chi connectivity index (χ1) is 15.6. The van der Waals surface area contributed by atoms with Crippen LogP contribution in [0, 0.1) is 18.3 Å². The van der Waals surface area contributed by atoms with Crippen molar-refractivity contribution in [2.75, 3.05) is 18.5 Å². The van der Waals surface area contributed by atoms with Crippen molar-refractivity contribution in [2.45, 2.75) is 38.0 Å². The van der Waals surface area contributed by atoms with E-state index in [9.17, 15) is 10.1 Å². The van der Waals surface area contributed by atoms with E-state index in [-0.39, 0.29) is 5.91 Å². The Morgan fingerprint density at radius 1 is 1.16 bits per heavy atom. The summed E-state index contributed by atoms with van der Waals surface area (Å²) < 4.78 is 6.03. The smallest absolute Gasteiger partial charge is 0.244 e. The monoisotopic (exact) mass is 426 g/mol. The number of nitrogens with one attached hydrogen (secondary N) is 1. The number of amides is 1. The number of benzene rings is 2. The number of fused-ring (bicyclic) bond motifs is 3. The van der Waals surface area contributed by atoms with E-state index in [1.807, 2.05) is 60.4 Å². The number of nitriles is 1. The highest BCUT2D eigenvalue weighted by atomic mass is 16.5. The molecule has 0 saturated carbocycles. The molecule has 3 N–H and O–H groups in total. The van der Waals surface area contributed by atoms with Crippen LogP contribution in [0.3, 0.4) is 0 Å². The first kappa shape index (κ1) is 20.2. The largest absolute Gasteiger partial charge is 0.491 e. The summed E-state index contributed by atoms with van der Waals surface area (Å²) >= 11 is 0. The molecule has 0 saturated heterocycles. The highest BCUT2D eigenvalue weighted by Gasteiger charge is 2.57. The van der Waals surface area contributed by atoms with Gasteiger partial charge in [0.25, 0.3) is 0 Å². The van der Waals surface area contributed by atoms with Crippen LogP contribution in [0.2, 0.25) is 0 Å². The quantitative estimate of drug-likeness (QED) is 0.768. The summed E-state index contributed by atoms with van der Waals surface area (Å²) in [5.74, 6) is 1.02. The molecule has 0 unspecified atom stereocenters. The maximum absolute atomic E-state index is 13.5. The Morgan fingerprint density at radius 2 is 1.91 bits per heavy atom. The number of para-hydroxylation sites is 2. The van der Waals surface area contributed by atoms with Crippen LogP contribution < -0.4 is 15.8 Å². The van der Waals surface area contributed by atoms with Gasteiger partial charge in [0.1, 0.15) is 29.7 Å². The lowest BCUT2D eigenvalue weighted by Gasteiger charge is -2.44. The topological polar surface area (TPSA) is 91.4 Å². The number of carbonyl (C=O) groups is 1. The van der Waals surface area contributed by atoms with Crippen molar-refractivity contribution in [1.82, 2.24) is 4.90 Å². The second kappa shape index (κ2) is 7.76. The highest BCUT2D eigenvalue weighted by molar-refractivity contribution is 6.12. The number of hydrogen-bond donors (Lipinski definition) is 2. The van der Waals surface area contributed by atoms with E-state index in [1.54, 1.807) is 0 Å². The number of anilines is 1. The van der Waals surface area contributed by atoms with Gasteiger partial charge >= 0.3 is 0 Å². The van der Waals surface area contributed by atoms with Gasteiger partial charge in [-0.3, -0.25) is 4.79 Å². The van der Waals surface area contributed by atoms with Crippen LogP contribution in [-0.4, -0.2) is 24.0 Å². The van der Waals surface area contributed by atoms with Gasteiger partial charge in [-0.1, -0.05) is 36.4 Å². The lowest BCUT2D eigenvalue weighted by Crippen LogP contribution is -2.49. The van der Waals surface area contributed by atoms with E-state index in [1.165, 1.54) is 0 Å². The number of aryl methyl sites for hydroxylation is 1. The molecule has 1 spiro atoms. The maximum Gasteiger partial charge on any atom is 0.244 e. The number of rotatable bonds is 4. The summed E-state index contributed by atoms with van der Waals surface area (Å²) in [7, 11) is 0. The third-order valence-electron chi connectivity index (χ3n) is 6.84. The van der Waals surface area contributed by atoms with Gasteiger partial charge in [-0.2, -0.15) is 5.26 Å². The number of nitrogens with two attached hydrogens (primary N) is 1. The molecule has 1 aliphatic carbocycles. The molecule has 1 amide bonds. The number of hydrogen-bond acceptors (Lipinski definition) is 5. The van der Waals surface area contributed by atoms with Gasteiger partial charge in [0.15, 0.2) is 0 Å². The predicted octanol–water partition coefficient (Wildman–Crippen LogP) is 4.10. The molecule has 0 radical (unpaired) electrons. The minimum Gasteiger partial charge on any atom is -0.491 e. The fraction of sp³-hybridized carbons (Fsp3) is 0.308. The van der Waals surface area contributed by atoms with Crippen LogP contribution in [0.4, 0.5) is 5.69 Å². The zero-order chi connectivity index (χ0) is 22.3. The Kier molecular flexibility index (Phi) is 4.90. The predicted molar refractivity (Wildman–Crippen MR) is 122 cm³/mol. The molecule has 6 heteroatoms. The molecule has 0 bridgehead atoms. The summed E-state index contributed by atoms with van der Waals surface area (Å²) in [6.07, 6.45) is 3.62. The fourth-order valence-corrected chi connectivity index (χ4v) is 5.38. The van der Waals surface area contributed by atoms with E-state index in [0.717, 1.165) is 59.5 Å². The minimum atomic E-state index is -1.13. The Hall–Kier alpha value is -3.72. The van der Waals surface area contributed by atoms with Gasteiger partial charge in [0, 0.05) is 16.9 Å². The molecule has 0 fully saturated rings. The number of ether oxygens (including phenoxy) is 1. The van der Waals surface area contributed by atoms with Gasteiger partial charge < -0.3 is 20.7 Å². The maximum atomic E-state index is 13.5. The Morgan fingerprint density at radius 3 is 2.72 bits per heavy atom. The fourth-order valence-electron chi connectivity index (χ4n) is 5.38. The zero-order valence-corrected chi connectivity index (χ0v) is 18.1. The van der Waals surface area contributed by atoms with Crippen molar-refractivity contribution >= 4 is 11.6 Å². The molecule has 2 aromatic carbocycles. The summed E-state index contributed by atoms with van der Waals surface area (Å²) in [4.78, 5) is 15.5. The van der Waals surface area contributed by atoms with Crippen LogP contribution >= 0.6 is 0 Å². The second-order valence-corrected chi connectivity index (χ2v) is 8.52. The van der Waals surface area contributed by atoms with Crippen LogP contribution in [-0.2, 0) is 10.2 Å². The summed E-state index contributed by atoms with van der Waals surface area (Å²) in [6.45, 7) is 2.96. The normalized spacial score (nSPS) is 21.9. The van der Waals surface area contributed by atoms with Gasteiger partial charge in [-0.05, 0) is 55.9 Å². The van der Waals surface area contributed by atoms with E-state index in [2.05, 4.69) is 11.4 Å². The highest BCUT2D eigenvalue weighted by Crippen LogP contribution is 2.55. The Labute approximate surface area is 188 Å². The summed E-state index contributed by atoms with van der Waals surface area (Å²) in [5, 5.41) is 13.2. The molecule has 32 heavy (non-hydrogen) atoms. The number of allylic oxidation sites excluding steroid dienone is 1. The zero-order valence-electron chi connectivity index (χ0n) is 18.1. The third-order valence-corrected chi connectivity index (χ3v) is 6.84. The number of carbonyl (C=O) groups excluding carboxylic acids is 1. The van der Waals surface area contributed by atoms with Crippen molar-refractivity contribution < 1.29 is 9.53 Å². The van der Waals surface area contributed by atoms with Crippen molar-refractivity contribution in [3.05, 3.63) is 82.3 Å². The minimum absolute atomic E-state index is 0.177. The molecule has 0 aromatic heterocycles. The molecule has 5 rings (SSSR count). The summed E-state index contributed by atoms with van der Waals surface area (Å²) in [5.41, 5.74) is 10.6. The van der Waals surface area contributed by atoms with Gasteiger partial charge in [0.05, 0.1) is 12.1 Å². The van der Waals surface area contributed by atoms with Crippen molar-refractivity contribution in [3.8, 4) is 11.8 Å². The lowest BCUT2D eigenvalue weighted by atomic mass is 9.64. The average Bonchev–Trinajstić information content (AvgIpc) is 3.10. The SMILES string of the molecule is Cc1ccccc1OCCN1C(N)=C(C#N)[C@]2(C(=O)Nc3ccccc32)C2=C1CCCC2. The van der Waals surface area contributed by atoms with Crippen LogP contribution in [0.5, 0.6) is 5.75 Å². The van der Waals surface area contributed by atoms with Crippen LogP contribution in [0.25, 0.3) is 0 Å². The van der Waals surface area contributed by atoms with Gasteiger partial charge in [-0.15, -0.1) is 0 Å². The Bertz CT molecular complexity index is 1210. The first-order valence-electron chi connectivity index (χ1n) is 11.1. The van der Waals surface area contributed by atoms with Crippen molar-refractivity contribution in [3.63, 3.8) is 0 Å². The molecule has 2 aromatic rings. The number of nitrogens with zero attached hydrogens (tertiary/aromatic N) is 2.